The SMILES string of the molecule is CCC(CC)CN(CC)S(=O)(=O)c1cc(F)ccc1N. The standard InChI is InChI=1S/C14H23FN2O2S/c1-4-11(5-2)10-17(6-3)20(18,19)14-9-12(15)7-8-13(14)16/h7-9,11H,4-6,10,16H2,1-3H3. The molecule has 1 aromatic rings. The Bertz CT molecular complexity index is 542. The van der Waals surface area contributed by atoms with Crippen molar-refractivity contribution in [2.75, 3.05) is 18.8 Å². The molecule has 0 spiro atoms. The molecule has 0 fully saturated rings. The summed E-state index contributed by atoms with van der Waals surface area (Å²) in [6, 6.07) is 3.43. The van der Waals surface area contributed by atoms with E-state index in [1.807, 2.05) is 13.8 Å². The lowest BCUT2D eigenvalue weighted by Gasteiger charge is -2.25. The minimum Gasteiger partial charge on any atom is -0.398 e. The number of sulfonamides is 1. The van der Waals surface area contributed by atoms with Crippen molar-refractivity contribution >= 4 is 15.7 Å². The van der Waals surface area contributed by atoms with Gasteiger partial charge in [0.25, 0.3) is 0 Å². The largest absolute Gasteiger partial charge is 0.398 e. The molecule has 4 nitrogen and oxygen atoms in total. The zero-order valence-electron chi connectivity index (χ0n) is 12.3. The van der Waals surface area contributed by atoms with Crippen LogP contribution < -0.4 is 5.73 Å². The van der Waals surface area contributed by atoms with E-state index < -0.39 is 15.8 Å². The number of nitrogen functional groups attached to an aromatic ring is 1. The van der Waals surface area contributed by atoms with Crippen molar-refractivity contribution in [1.29, 1.82) is 0 Å². The highest BCUT2D eigenvalue weighted by Crippen LogP contribution is 2.24. The van der Waals surface area contributed by atoms with Crippen LogP contribution in [0.5, 0.6) is 0 Å². The van der Waals surface area contributed by atoms with Gasteiger partial charge in [0.15, 0.2) is 0 Å². The highest BCUT2D eigenvalue weighted by molar-refractivity contribution is 7.89. The van der Waals surface area contributed by atoms with E-state index in [4.69, 9.17) is 5.73 Å². The molecule has 0 amide bonds. The van der Waals surface area contributed by atoms with Gasteiger partial charge in [0.05, 0.1) is 5.69 Å². The van der Waals surface area contributed by atoms with E-state index in [1.54, 1.807) is 6.92 Å². The normalized spacial score (nSPS) is 12.3. The molecule has 1 aromatic carbocycles. The first-order valence-electron chi connectivity index (χ1n) is 6.91. The number of rotatable bonds is 7. The van der Waals surface area contributed by atoms with Gasteiger partial charge in [-0.05, 0) is 24.1 Å². The number of nitrogens with zero attached hydrogens (tertiary/aromatic N) is 1. The molecule has 0 aromatic heterocycles. The second-order valence-electron chi connectivity index (χ2n) is 4.82. The zero-order chi connectivity index (χ0) is 15.3. The smallest absolute Gasteiger partial charge is 0.245 e. The first-order chi connectivity index (χ1) is 9.36. The second kappa shape index (κ2) is 7.04. The minimum atomic E-state index is -3.75. The Balaban J connectivity index is 3.15. The van der Waals surface area contributed by atoms with Gasteiger partial charge in [-0.1, -0.05) is 33.6 Å². The quantitative estimate of drug-likeness (QED) is 0.788. The molecule has 0 aliphatic carbocycles. The molecule has 0 radical (unpaired) electrons. The van der Waals surface area contributed by atoms with E-state index in [-0.39, 0.29) is 10.6 Å². The third-order valence-electron chi connectivity index (χ3n) is 3.56. The van der Waals surface area contributed by atoms with Crippen molar-refractivity contribution < 1.29 is 12.8 Å². The summed E-state index contributed by atoms with van der Waals surface area (Å²) >= 11 is 0. The molecule has 0 saturated carbocycles. The number of hydrogen-bond acceptors (Lipinski definition) is 3. The fraction of sp³-hybridized carbons (Fsp3) is 0.571. The summed E-state index contributed by atoms with van der Waals surface area (Å²) in [5, 5.41) is 0. The van der Waals surface area contributed by atoms with Crippen LogP contribution in [0.25, 0.3) is 0 Å². The molecule has 2 N–H and O–H groups in total. The van der Waals surface area contributed by atoms with Crippen LogP contribution >= 0.6 is 0 Å². The number of benzene rings is 1. The fourth-order valence-corrected chi connectivity index (χ4v) is 3.76. The molecule has 0 unspecified atom stereocenters. The molecule has 0 heterocycles. The molecule has 114 valence electrons. The fourth-order valence-electron chi connectivity index (χ4n) is 2.10. The summed E-state index contributed by atoms with van der Waals surface area (Å²) in [7, 11) is -3.75. The first-order valence-corrected chi connectivity index (χ1v) is 8.35. The molecule has 0 atom stereocenters. The van der Waals surface area contributed by atoms with E-state index in [1.165, 1.54) is 10.4 Å². The highest BCUT2D eigenvalue weighted by atomic mass is 32.2. The van der Waals surface area contributed by atoms with E-state index in [9.17, 15) is 12.8 Å². The molecular weight excluding hydrogens is 279 g/mol. The monoisotopic (exact) mass is 302 g/mol. The van der Waals surface area contributed by atoms with Crippen LogP contribution in [0.15, 0.2) is 23.1 Å². The van der Waals surface area contributed by atoms with Gasteiger partial charge in [-0.3, -0.25) is 0 Å². The maximum absolute atomic E-state index is 13.3. The Morgan fingerprint density at radius 2 is 1.85 bits per heavy atom. The molecule has 0 bridgehead atoms. The molecule has 1 rings (SSSR count). The number of halogens is 1. The Hall–Kier alpha value is -1.14. The third kappa shape index (κ3) is 3.70. The minimum absolute atomic E-state index is 0.0781. The second-order valence-corrected chi connectivity index (χ2v) is 6.73. The molecule has 20 heavy (non-hydrogen) atoms. The maximum atomic E-state index is 13.3. The van der Waals surface area contributed by atoms with Crippen molar-refractivity contribution in [2.24, 2.45) is 5.92 Å². The van der Waals surface area contributed by atoms with Crippen LogP contribution in [0, 0.1) is 11.7 Å². The van der Waals surface area contributed by atoms with E-state index >= 15 is 0 Å². The van der Waals surface area contributed by atoms with Gasteiger partial charge in [0, 0.05) is 13.1 Å². The van der Waals surface area contributed by atoms with Crippen LogP contribution in [-0.4, -0.2) is 25.8 Å². The van der Waals surface area contributed by atoms with Crippen molar-refractivity contribution in [2.45, 2.75) is 38.5 Å². The summed E-state index contributed by atoms with van der Waals surface area (Å²) in [6.07, 6.45) is 1.81. The van der Waals surface area contributed by atoms with Crippen LogP contribution in [0.1, 0.15) is 33.6 Å². The van der Waals surface area contributed by atoms with Gasteiger partial charge < -0.3 is 5.73 Å². The summed E-state index contributed by atoms with van der Waals surface area (Å²) in [5.41, 5.74) is 5.77. The first kappa shape index (κ1) is 16.9. The predicted molar refractivity (Wildman–Crippen MR) is 79.3 cm³/mol. The van der Waals surface area contributed by atoms with E-state index in [2.05, 4.69) is 0 Å². The third-order valence-corrected chi connectivity index (χ3v) is 5.56. The summed E-state index contributed by atoms with van der Waals surface area (Å²) in [4.78, 5) is -0.148. The van der Waals surface area contributed by atoms with E-state index in [0.29, 0.717) is 19.0 Å². The summed E-state index contributed by atoms with van der Waals surface area (Å²) < 4.78 is 39.8. The van der Waals surface area contributed by atoms with Crippen LogP contribution in [0.2, 0.25) is 0 Å². The van der Waals surface area contributed by atoms with Crippen LogP contribution in [0.3, 0.4) is 0 Å². The number of nitrogens with two attached hydrogens (primary N) is 1. The molecule has 0 aliphatic rings. The van der Waals surface area contributed by atoms with Crippen molar-refractivity contribution in [1.82, 2.24) is 4.31 Å². The lowest BCUT2D eigenvalue weighted by Crippen LogP contribution is -2.35. The van der Waals surface area contributed by atoms with Gasteiger partial charge in [-0.15, -0.1) is 0 Å². The predicted octanol–water partition coefficient (Wildman–Crippen LogP) is 2.85. The number of hydrogen-bond donors (Lipinski definition) is 1. The lowest BCUT2D eigenvalue weighted by atomic mass is 10.0. The zero-order valence-corrected chi connectivity index (χ0v) is 13.1. The number of anilines is 1. The Labute approximate surface area is 120 Å². The van der Waals surface area contributed by atoms with E-state index in [0.717, 1.165) is 25.0 Å². The van der Waals surface area contributed by atoms with Crippen molar-refractivity contribution in [3.63, 3.8) is 0 Å². The van der Waals surface area contributed by atoms with Crippen molar-refractivity contribution in [3.8, 4) is 0 Å². The highest BCUT2D eigenvalue weighted by Gasteiger charge is 2.27. The van der Waals surface area contributed by atoms with Gasteiger partial charge in [0.2, 0.25) is 10.0 Å². The Morgan fingerprint density at radius 1 is 1.25 bits per heavy atom. The molecule has 0 aliphatic heterocycles. The molecule has 0 saturated heterocycles. The average Bonchev–Trinajstić information content (AvgIpc) is 2.42. The molecular formula is C14H23FN2O2S. The lowest BCUT2D eigenvalue weighted by molar-refractivity contribution is 0.339. The van der Waals surface area contributed by atoms with Gasteiger partial charge >= 0.3 is 0 Å². The van der Waals surface area contributed by atoms with Gasteiger partial charge in [-0.25, -0.2) is 12.8 Å². The topological polar surface area (TPSA) is 63.4 Å². The summed E-state index contributed by atoms with van der Waals surface area (Å²) in [6.45, 7) is 6.61. The van der Waals surface area contributed by atoms with Crippen LogP contribution in [-0.2, 0) is 10.0 Å². The van der Waals surface area contributed by atoms with Crippen LogP contribution in [0.4, 0.5) is 10.1 Å². The van der Waals surface area contributed by atoms with Gasteiger partial charge in [0.1, 0.15) is 10.7 Å². The maximum Gasteiger partial charge on any atom is 0.245 e. The Morgan fingerprint density at radius 3 is 2.35 bits per heavy atom. The van der Waals surface area contributed by atoms with Crippen molar-refractivity contribution in [3.05, 3.63) is 24.0 Å². The molecule has 6 heteroatoms. The average molecular weight is 302 g/mol. The summed E-state index contributed by atoms with van der Waals surface area (Å²) in [5.74, 6) is -0.309. The van der Waals surface area contributed by atoms with Gasteiger partial charge in [-0.2, -0.15) is 4.31 Å². The Kier molecular flexibility index (Phi) is 5.95.